The van der Waals surface area contributed by atoms with E-state index in [-0.39, 0.29) is 11.8 Å². The van der Waals surface area contributed by atoms with E-state index in [2.05, 4.69) is 10.6 Å². The standard InChI is InChI=1S/C11H22N2O2/c1-15-8-3-2-7-13-11(14)10-5-4-6-12-9-10/h10,12H,2-9H2,1H3,(H,13,14). The van der Waals surface area contributed by atoms with Gasteiger partial charge >= 0.3 is 0 Å². The second-order valence-electron chi connectivity index (χ2n) is 4.03. The van der Waals surface area contributed by atoms with Crippen LogP contribution in [0, 0.1) is 5.92 Å². The van der Waals surface area contributed by atoms with Crippen molar-refractivity contribution in [3.63, 3.8) is 0 Å². The summed E-state index contributed by atoms with van der Waals surface area (Å²) in [4.78, 5) is 11.6. The van der Waals surface area contributed by atoms with Crippen LogP contribution in [0.3, 0.4) is 0 Å². The number of rotatable bonds is 6. The summed E-state index contributed by atoms with van der Waals surface area (Å²) in [5, 5.41) is 6.22. The fourth-order valence-corrected chi connectivity index (χ4v) is 1.80. The lowest BCUT2D eigenvalue weighted by molar-refractivity contribution is -0.125. The minimum atomic E-state index is 0.182. The van der Waals surface area contributed by atoms with Crippen LogP contribution in [0.1, 0.15) is 25.7 Å². The molecule has 0 aromatic carbocycles. The van der Waals surface area contributed by atoms with Crippen LogP contribution in [0.2, 0.25) is 0 Å². The van der Waals surface area contributed by atoms with E-state index in [9.17, 15) is 4.79 Å². The number of amides is 1. The first-order chi connectivity index (χ1) is 7.34. The number of ether oxygens (including phenoxy) is 1. The number of piperidine rings is 1. The van der Waals surface area contributed by atoms with Crippen molar-refractivity contribution in [1.29, 1.82) is 0 Å². The van der Waals surface area contributed by atoms with Crippen molar-refractivity contribution in [2.45, 2.75) is 25.7 Å². The molecular formula is C11H22N2O2. The number of carbonyl (C=O) groups excluding carboxylic acids is 1. The smallest absolute Gasteiger partial charge is 0.224 e. The second kappa shape index (κ2) is 7.65. The lowest BCUT2D eigenvalue weighted by atomic mass is 9.99. The zero-order valence-corrected chi connectivity index (χ0v) is 9.55. The van der Waals surface area contributed by atoms with Crippen molar-refractivity contribution in [2.75, 3.05) is 33.4 Å². The molecule has 15 heavy (non-hydrogen) atoms. The molecule has 0 aliphatic carbocycles. The largest absolute Gasteiger partial charge is 0.385 e. The van der Waals surface area contributed by atoms with E-state index in [4.69, 9.17) is 4.74 Å². The Balaban J connectivity index is 2.02. The van der Waals surface area contributed by atoms with Gasteiger partial charge in [-0.1, -0.05) is 0 Å². The number of unbranched alkanes of at least 4 members (excludes halogenated alkanes) is 1. The maximum Gasteiger partial charge on any atom is 0.224 e. The summed E-state index contributed by atoms with van der Waals surface area (Å²) < 4.78 is 4.94. The Hall–Kier alpha value is -0.610. The van der Waals surface area contributed by atoms with Gasteiger partial charge in [-0.25, -0.2) is 0 Å². The molecular weight excluding hydrogens is 192 g/mol. The van der Waals surface area contributed by atoms with E-state index in [1.165, 1.54) is 0 Å². The van der Waals surface area contributed by atoms with Crippen LogP contribution in [0.25, 0.3) is 0 Å². The molecule has 4 heteroatoms. The minimum absolute atomic E-state index is 0.182. The summed E-state index contributed by atoms with van der Waals surface area (Å²) in [5.74, 6) is 0.390. The first kappa shape index (κ1) is 12.5. The highest BCUT2D eigenvalue weighted by molar-refractivity contribution is 5.78. The molecule has 0 aromatic heterocycles. The number of hydrogen-bond acceptors (Lipinski definition) is 3. The summed E-state index contributed by atoms with van der Waals surface area (Å²) >= 11 is 0. The van der Waals surface area contributed by atoms with Gasteiger partial charge in [0.1, 0.15) is 0 Å². The summed E-state index contributed by atoms with van der Waals surface area (Å²) in [5.41, 5.74) is 0. The predicted molar refractivity (Wildman–Crippen MR) is 59.7 cm³/mol. The van der Waals surface area contributed by atoms with Gasteiger partial charge in [0.2, 0.25) is 5.91 Å². The molecule has 1 aliphatic rings. The first-order valence-electron chi connectivity index (χ1n) is 5.82. The predicted octanol–water partition coefficient (Wildman–Crippen LogP) is 0.529. The maximum absolute atomic E-state index is 11.6. The van der Waals surface area contributed by atoms with Gasteiger partial charge in [-0.3, -0.25) is 4.79 Å². The highest BCUT2D eigenvalue weighted by Crippen LogP contribution is 2.09. The number of methoxy groups -OCH3 is 1. The second-order valence-corrected chi connectivity index (χ2v) is 4.03. The lowest BCUT2D eigenvalue weighted by Crippen LogP contribution is -2.40. The SMILES string of the molecule is COCCCCNC(=O)C1CCCNC1. The van der Waals surface area contributed by atoms with Crippen molar-refractivity contribution >= 4 is 5.91 Å². The molecule has 1 heterocycles. The molecule has 1 atom stereocenters. The van der Waals surface area contributed by atoms with E-state index < -0.39 is 0 Å². The number of carbonyl (C=O) groups is 1. The molecule has 1 amide bonds. The fourth-order valence-electron chi connectivity index (χ4n) is 1.80. The molecule has 1 unspecified atom stereocenters. The molecule has 1 saturated heterocycles. The summed E-state index contributed by atoms with van der Waals surface area (Å²) in [6, 6.07) is 0. The minimum Gasteiger partial charge on any atom is -0.385 e. The van der Waals surface area contributed by atoms with Crippen LogP contribution in [0.4, 0.5) is 0 Å². The molecule has 1 fully saturated rings. The number of nitrogens with one attached hydrogen (secondary N) is 2. The van der Waals surface area contributed by atoms with Crippen LogP contribution in [0.15, 0.2) is 0 Å². The van der Waals surface area contributed by atoms with Crippen LogP contribution >= 0.6 is 0 Å². The van der Waals surface area contributed by atoms with Crippen LogP contribution in [-0.2, 0) is 9.53 Å². The molecule has 4 nitrogen and oxygen atoms in total. The van der Waals surface area contributed by atoms with Crippen molar-refractivity contribution < 1.29 is 9.53 Å². The molecule has 0 bridgehead atoms. The van der Waals surface area contributed by atoms with E-state index in [1.807, 2.05) is 0 Å². The Kier molecular flexibility index (Phi) is 6.36. The van der Waals surface area contributed by atoms with Gasteiger partial charge in [-0.05, 0) is 32.2 Å². The Morgan fingerprint density at radius 3 is 3.07 bits per heavy atom. The average molecular weight is 214 g/mol. The Morgan fingerprint density at radius 1 is 1.53 bits per heavy atom. The van der Waals surface area contributed by atoms with E-state index in [0.717, 1.165) is 51.9 Å². The van der Waals surface area contributed by atoms with Crippen LogP contribution in [-0.4, -0.2) is 39.3 Å². The average Bonchev–Trinajstić information content (AvgIpc) is 2.30. The number of hydrogen-bond donors (Lipinski definition) is 2. The zero-order valence-electron chi connectivity index (χ0n) is 9.55. The van der Waals surface area contributed by atoms with Crippen molar-refractivity contribution in [3.8, 4) is 0 Å². The molecule has 0 spiro atoms. The quantitative estimate of drug-likeness (QED) is 0.634. The van der Waals surface area contributed by atoms with Gasteiger partial charge in [-0.15, -0.1) is 0 Å². The van der Waals surface area contributed by atoms with Crippen molar-refractivity contribution in [1.82, 2.24) is 10.6 Å². The van der Waals surface area contributed by atoms with Crippen LogP contribution in [0.5, 0.6) is 0 Å². The third-order valence-electron chi connectivity index (χ3n) is 2.74. The van der Waals surface area contributed by atoms with Crippen molar-refractivity contribution in [2.24, 2.45) is 5.92 Å². The molecule has 1 rings (SSSR count). The van der Waals surface area contributed by atoms with E-state index >= 15 is 0 Å². The van der Waals surface area contributed by atoms with Gasteiger partial charge in [-0.2, -0.15) is 0 Å². The van der Waals surface area contributed by atoms with E-state index in [1.54, 1.807) is 7.11 Å². The van der Waals surface area contributed by atoms with Gasteiger partial charge in [0, 0.05) is 26.8 Å². The third kappa shape index (κ3) is 5.14. The first-order valence-corrected chi connectivity index (χ1v) is 5.82. The summed E-state index contributed by atoms with van der Waals surface area (Å²) in [6.07, 6.45) is 4.15. The summed E-state index contributed by atoms with van der Waals surface area (Å²) in [6.45, 7) is 3.45. The van der Waals surface area contributed by atoms with Gasteiger partial charge in [0.05, 0.1) is 5.92 Å². The Morgan fingerprint density at radius 2 is 2.40 bits per heavy atom. The third-order valence-corrected chi connectivity index (χ3v) is 2.74. The highest BCUT2D eigenvalue weighted by atomic mass is 16.5. The monoisotopic (exact) mass is 214 g/mol. The fraction of sp³-hybridized carbons (Fsp3) is 0.909. The lowest BCUT2D eigenvalue weighted by Gasteiger charge is -2.21. The molecule has 1 aliphatic heterocycles. The molecule has 0 saturated carbocycles. The topological polar surface area (TPSA) is 50.4 Å². The highest BCUT2D eigenvalue weighted by Gasteiger charge is 2.19. The van der Waals surface area contributed by atoms with Gasteiger partial charge < -0.3 is 15.4 Å². The van der Waals surface area contributed by atoms with Crippen molar-refractivity contribution in [3.05, 3.63) is 0 Å². The Bertz CT molecular complexity index is 179. The van der Waals surface area contributed by atoms with Gasteiger partial charge in [0.15, 0.2) is 0 Å². The molecule has 88 valence electrons. The normalized spacial score (nSPS) is 21.3. The Labute approximate surface area is 91.8 Å². The van der Waals surface area contributed by atoms with E-state index in [0.29, 0.717) is 0 Å². The molecule has 0 radical (unpaired) electrons. The molecule has 2 N–H and O–H groups in total. The zero-order chi connectivity index (χ0) is 10.9. The van der Waals surface area contributed by atoms with Gasteiger partial charge in [0.25, 0.3) is 0 Å². The maximum atomic E-state index is 11.6. The summed E-state index contributed by atoms with van der Waals surface area (Å²) in [7, 11) is 1.70. The van der Waals surface area contributed by atoms with Crippen LogP contribution < -0.4 is 10.6 Å². The molecule has 0 aromatic rings.